The summed E-state index contributed by atoms with van der Waals surface area (Å²) in [5, 5.41) is 44.7. The molecule has 0 aliphatic heterocycles. The number of rotatable bonds is 7. The highest BCUT2D eigenvalue weighted by Gasteiger charge is 2.25. The smallest absolute Gasteiger partial charge is 0.337 e. The molecule has 0 radical (unpaired) electrons. The second-order valence-corrected chi connectivity index (χ2v) is 8.65. The van der Waals surface area contributed by atoms with Gasteiger partial charge in [-0.25, -0.2) is 18.4 Å². The van der Waals surface area contributed by atoms with Crippen LogP contribution in [0.1, 0.15) is 21.5 Å². The summed E-state index contributed by atoms with van der Waals surface area (Å²) in [4.78, 5) is 23.8. The van der Waals surface area contributed by atoms with Gasteiger partial charge in [0.25, 0.3) is 5.91 Å². The van der Waals surface area contributed by atoms with Crippen molar-refractivity contribution in [3.05, 3.63) is 71.3 Å². The predicted molar refractivity (Wildman–Crippen MR) is 125 cm³/mol. The van der Waals surface area contributed by atoms with Crippen molar-refractivity contribution >= 4 is 33.3 Å². The first kappa shape index (κ1) is 24.9. The molecule has 3 aromatic rings. The lowest BCUT2D eigenvalue weighted by Gasteiger charge is -2.16. The molecule has 0 aromatic heterocycles. The van der Waals surface area contributed by atoms with Gasteiger partial charge in [0.05, 0.1) is 34.9 Å². The maximum absolute atomic E-state index is 12.8. The zero-order valence-corrected chi connectivity index (χ0v) is 18.9. The van der Waals surface area contributed by atoms with Crippen LogP contribution in [0.15, 0.2) is 59.5 Å². The molecule has 0 aliphatic rings. The number of amides is 1. The van der Waals surface area contributed by atoms with E-state index < -0.39 is 38.3 Å². The predicted octanol–water partition coefficient (Wildman–Crippen LogP) is 2.29. The lowest BCUT2D eigenvalue weighted by atomic mass is 9.98. The fraction of sp³-hybridized carbons (Fsp3) is 0.0435. The number of sulfonamides is 1. The van der Waals surface area contributed by atoms with E-state index in [0.717, 1.165) is 18.2 Å². The number of nitriles is 1. The Bertz CT molecular complexity index is 1530. The normalized spacial score (nSPS) is 10.8. The quantitative estimate of drug-likeness (QED) is 0.307. The molecular weight excluding hydrogens is 476 g/mol. The van der Waals surface area contributed by atoms with Crippen LogP contribution < -0.4 is 15.2 Å². The maximum atomic E-state index is 12.8. The molecule has 0 aliphatic carbocycles. The van der Waals surface area contributed by atoms with Crippen LogP contribution in [-0.4, -0.2) is 43.3 Å². The highest BCUT2D eigenvalue weighted by Crippen LogP contribution is 2.37. The summed E-state index contributed by atoms with van der Waals surface area (Å²) in [6.07, 6.45) is 0. The summed E-state index contributed by atoms with van der Waals surface area (Å²) >= 11 is 0. The topological polar surface area (TPSA) is 204 Å². The van der Waals surface area contributed by atoms with Gasteiger partial charge >= 0.3 is 5.97 Å². The van der Waals surface area contributed by atoms with Gasteiger partial charge in [-0.1, -0.05) is 18.2 Å². The zero-order valence-electron chi connectivity index (χ0n) is 18.1. The third-order valence-electron chi connectivity index (χ3n) is 4.93. The molecule has 0 bridgehead atoms. The summed E-state index contributed by atoms with van der Waals surface area (Å²) in [6.45, 7) is 0. The van der Waals surface area contributed by atoms with Crippen LogP contribution in [0.2, 0.25) is 0 Å². The number of aromatic hydroxyl groups is 1. The molecule has 0 heterocycles. The van der Waals surface area contributed by atoms with E-state index in [-0.39, 0.29) is 39.3 Å². The molecule has 11 nitrogen and oxygen atoms in total. The molecule has 35 heavy (non-hydrogen) atoms. The second kappa shape index (κ2) is 9.64. The van der Waals surface area contributed by atoms with Gasteiger partial charge < -0.3 is 20.3 Å². The van der Waals surface area contributed by atoms with Crippen LogP contribution in [0.4, 0.5) is 5.69 Å². The summed E-state index contributed by atoms with van der Waals surface area (Å²) in [6, 6.07) is 13.6. The van der Waals surface area contributed by atoms with Crippen molar-refractivity contribution in [3.63, 3.8) is 0 Å². The first-order chi connectivity index (χ1) is 16.5. The lowest BCUT2D eigenvalue weighted by Crippen LogP contribution is -2.24. The van der Waals surface area contributed by atoms with Gasteiger partial charge in [0.2, 0.25) is 10.0 Å². The van der Waals surface area contributed by atoms with Gasteiger partial charge in [-0.15, -0.1) is 0 Å². The molecule has 178 valence electrons. The number of carboxylic acids is 1. The molecule has 3 aromatic carbocycles. The number of benzene rings is 3. The Morgan fingerprint density at radius 2 is 1.77 bits per heavy atom. The summed E-state index contributed by atoms with van der Waals surface area (Å²) in [5.41, 5.74) is -1.41. The lowest BCUT2D eigenvalue weighted by molar-refractivity contribution is -0.110. The zero-order chi connectivity index (χ0) is 25.9. The number of methoxy groups -OCH3 is 1. The van der Waals surface area contributed by atoms with E-state index in [1.54, 1.807) is 24.3 Å². The summed E-state index contributed by atoms with van der Waals surface area (Å²) in [5.74, 6) is -2.95. The number of para-hydroxylation sites is 1. The Labute approximate surface area is 199 Å². The molecule has 0 saturated carbocycles. The number of hydrogen-bond acceptors (Lipinski definition) is 8. The third kappa shape index (κ3) is 5.11. The maximum Gasteiger partial charge on any atom is 0.337 e. The third-order valence-corrected chi connectivity index (χ3v) is 5.88. The van der Waals surface area contributed by atoms with Gasteiger partial charge in [-0.3, -0.25) is 10.2 Å². The van der Waals surface area contributed by atoms with Crippen LogP contribution in [0.5, 0.6) is 11.5 Å². The average Bonchev–Trinajstić information content (AvgIpc) is 2.82. The number of carboxylic acid groups (broad SMARTS) is 1. The molecule has 0 spiro atoms. The number of primary sulfonamides is 1. The number of hydrogen-bond donors (Lipinski definition) is 5. The van der Waals surface area contributed by atoms with Crippen molar-refractivity contribution in [1.82, 2.24) is 0 Å². The van der Waals surface area contributed by atoms with E-state index in [0.29, 0.717) is 0 Å². The number of aromatic carboxylic acids is 1. The average molecular weight is 494 g/mol. The summed E-state index contributed by atoms with van der Waals surface area (Å²) in [7, 11) is -2.98. The minimum Gasteiger partial charge on any atom is -0.507 e. The minimum absolute atomic E-state index is 0.0279. The molecule has 6 N–H and O–H groups in total. The molecule has 3 rings (SSSR count). The van der Waals surface area contributed by atoms with Gasteiger partial charge in [0.15, 0.2) is 0 Å². The van der Waals surface area contributed by atoms with Crippen molar-refractivity contribution in [1.29, 1.82) is 10.7 Å². The Kier molecular flexibility index (Phi) is 6.86. The number of phenols is 1. The number of nitrogens with zero attached hydrogens (tertiary/aromatic N) is 1. The molecule has 0 unspecified atom stereocenters. The molecule has 0 fully saturated rings. The fourth-order valence-electron chi connectivity index (χ4n) is 3.29. The SMILES string of the molecule is COc1ccccc1-c1cc(C(=N)C(=O)Nc2ccc(C#N)cc2C(=O)O)c(O)cc1S(N)(=O)=O. The van der Waals surface area contributed by atoms with Crippen molar-refractivity contribution in [3.8, 4) is 28.7 Å². The number of phenolic OH excluding ortho intramolecular Hbond substituents is 1. The Morgan fingerprint density at radius 1 is 1.09 bits per heavy atom. The molecule has 1 amide bonds. The van der Waals surface area contributed by atoms with Crippen molar-refractivity contribution in [2.45, 2.75) is 4.90 Å². The van der Waals surface area contributed by atoms with Gasteiger partial charge in [0, 0.05) is 22.8 Å². The highest BCUT2D eigenvalue weighted by atomic mass is 32.2. The van der Waals surface area contributed by atoms with E-state index >= 15 is 0 Å². The molecular formula is C23H18N4O7S. The number of carbonyl (C=O) groups is 2. The van der Waals surface area contributed by atoms with E-state index in [1.807, 2.05) is 0 Å². The Hall–Kier alpha value is -4.73. The fourth-order valence-corrected chi connectivity index (χ4v) is 4.04. The van der Waals surface area contributed by atoms with E-state index in [4.69, 9.17) is 20.5 Å². The van der Waals surface area contributed by atoms with Crippen molar-refractivity contribution < 1.29 is 33.0 Å². The van der Waals surface area contributed by atoms with Crippen LogP contribution in [0.25, 0.3) is 11.1 Å². The van der Waals surface area contributed by atoms with Crippen LogP contribution in [0.3, 0.4) is 0 Å². The van der Waals surface area contributed by atoms with E-state index in [9.17, 15) is 28.2 Å². The Morgan fingerprint density at radius 3 is 2.37 bits per heavy atom. The number of carbonyl (C=O) groups excluding carboxylic acids is 1. The van der Waals surface area contributed by atoms with Gasteiger partial charge in [-0.2, -0.15) is 5.26 Å². The molecule has 12 heteroatoms. The van der Waals surface area contributed by atoms with Crippen molar-refractivity contribution in [2.75, 3.05) is 12.4 Å². The monoisotopic (exact) mass is 494 g/mol. The second-order valence-electron chi connectivity index (χ2n) is 7.12. The first-order valence-electron chi connectivity index (χ1n) is 9.68. The number of nitrogens with two attached hydrogens (primary N) is 1. The number of anilines is 1. The number of ether oxygens (including phenoxy) is 1. The van der Waals surface area contributed by atoms with Crippen LogP contribution >= 0.6 is 0 Å². The van der Waals surface area contributed by atoms with Crippen LogP contribution in [-0.2, 0) is 14.8 Å². The highest BCUT2D eigenvalue weighted by molar-refractivity contribution is 7.89. The van der Waals surface area contributed by atoms with E-state index in [1.165, 1.54) is 25.3 Å². The largest absolute Gasteiger partial charge is 0.507 e. The molecule has 0 saturated heterocycles. The van der Waals surface area contributed by atoms with Crippen molar-refractivity contribution in [2.24, 2.45) is 5.14 Å². The van der Waals surface area contributed by atoms with Crippen LogP contribution in [0, 0.1) is 16.7 Å². The van der Waals surface area contributed by atoms with Gasteiger partial charge in [0.1, 0.15) is 17.2 Å². The molecule has 0 atom stereocenters. The Balaban J connectivity index is 2.10. The summed E-state index contributed by atoms with van der Waals surface area (Å²) < 4.78 is 29.7. The van der Waals surface area contributed by atoms with E-state index in [2.05, 4.69) is 5.32 Å². The minimum atomic E-state index is -4.34. The van der Waals surface area contributed by atoms with Gasteiger partial charge in [-0.05, 0) is 30.3 Å². The standard InChI is InChI=1S/C23H18N4O7S/c1-34-19-5-3-2-4-13(19)14-9-16(18(28)10-20(14)35(26,32)33)21(25)22(29)27-17-7-6-12(11-24)8-15(17)23(30)31/h2-10,25,28H,1H3,(H,27,29)(H,30,31)(H2,26,32,33). The number of nitrogens with one attached hydrogen (secondary N) is 2. The first-order valence-corrected chi connectivity index (χ1v) is 11.2.